The molecule has 17 heavy (non-hydrogen) atoms. The van der Waals surface area contributed by atoms with Gasteiger partial charge in [-0.15, -0.1) is 0 Å². The van der Waals surface area contributed by atoms with E-state index < -0.39 is 0 Å². The van der Waals surface area contributed by atoms with Gasteiger partial charge in [-0.2, -0.15) is 0 Å². The van der Waals surface area contributed by atoms with Crippen molar-refractivity contribution in [1.82, 2.24) is 10.3 Å². The summed E-state index contributed by atoms with van der Waals surface area (Å²) in [6.45, 7) is 7.06. The number of aliphatic imine (C=N–C) groups is 1. The molecular weight excluding hydrogens is 216 g/mol. The van der Waals surface area contributed by atoms with Gasteiger partial charge in [-0.1, -0.05) is 13.8 Å². The van der Waals surface area contributed by atoms with Gasteiger partial charge < -0.3 is 9.64 Å². The number of hydrogen-bond acceptors (Lipinski definition) is 3. The van der Waals surface area contributed by atoms with Crippen molar-refractivity contribution in [2.75, 3.05) is 26.8 Å². The summed E-state index contributed by atoms with van der Waals surface area (Å²) in [5.74, 6) is 7.04. The van der Waals surface area contributed by atoms with Gasteiger partial charge in [0.2, 0.25) is 5.96 Å². The third-order valence-electron chi connectivity index (χ3n) is 3.24. The number of rotatable bonds is 5. The van der Waals surface area contributed by atoms with E-state index in [1.165, 1.54) is 12.8 Å². The van der Waals surface area contributed by atoms with E-state index in [2.05, 4.69) is 29.2 Å². The average Bonchev–Trinajstić information content (AvgIpc) is 2.78. The van der Waals surface area contributed by atoms with E-state index in [1.54, 1.807) is 7.11 Å². The first kappa shape index (κ1) is 14.3. The van der Waals surface area contributed by atoms with Crippen LogP contribution in [-0.2, 0) is 4.74 Å². The molecule has 1 aliphatic rings. The van der Waals surface area contributed by atoms with Crippen molar-refractivity contribution in [1.29, 1.82) is 0 Å². The number of ether oxygens (including phenoxy) is 1. The summed E-state index contributed by atoms with van der Waals surface area (Å²) in [5.41, 5.74) is 2.74. The molecule has 0 aliphatic carbocycles. The molecule has 1 heterocycles. The fraction of sp³-hybridized carbons (Fsp3) is 0.917. The Bertz CT molecular complexity index is 243. The second-order valence-electron chi connectivity index (χ2n) is 4.84. The molecule has 5 heteroatoms. The summed E-state index contributed by atoms with van der Waals surface area (Å²) >= 11 is 0. The van der Waals surface area contributed by atoms with E-state index in [1.807, 2.05) is 0 Å². The van der Waals surface area contributed by atoms with Crippen molar-refractivity contribution in [2.24, 2.45) is 16.8 Å². The number of hydrazine groups is 1. The van der Waals surface area contributed by atoms with Gasteiger partial charge in [0.05, 0.1) is 0 Å². The third-order valence-corrected chi connectivity index (χ3v) is 3.24. The molecule has 0 aromatic rings. The zero-order valence-corrected chi connectivity index (χ0v) is 11.3. The molecule has 0 spiro atoms. The summed E-state index contributed by atoms with van der Waals surface area (Å²) in [6.07, 6.45) is 3.39. The Kier molecular flexibility index (Phi) is 6.29. The molecule has 5 nitrogen and oxygen atoms in total. The minimum absolute atomic E-state index is 0.562. The third kappa shape index (κ3) is 4.16. The van der Waals surface area contributed by atoms with Crippen LogP contribution in [0.4, 0.5) is 0 Å². The maximum Gasteiger partial charge on any atom is 0.208 e. The first-order valence-electron chi connectivity index (χ1n) is 6.47. The summed E-state index contributed by atoms with van der Waals surface area (Å²) < 4.78 is 5.01. The Morgan fingerprint density at radius 2 is 2.35 bits per heavy atom. The van der Waals surface area contributed by atoms with Crippen LogP contribution < -0.4 is 11.3 Å². The fourth-order valence-corrected chi connectivity index (χ4v) is 2.36. The van der Waals surface area contributed by atoms with Gasteiger partial charge >= 0.3 is 0 Å². The molecule has 1 rings (SSSR count). The molecule has 0 amide bonds. The van der Waals surface area contributed by atoms with E-state index in [0.29, 0.717) is 12.0 Å². The van der Waals surface area contributed by atoms with Crippen LogP contribution in [0, 0.1) is 5.92 Å². The summed E-state index contributed by atoms with van der Waals surface area (Å²) in [5, 5.41) is 0. The number of nitrogens with zero attached hydrogens (tertiary/aromatic N) is 2. The monoisotopic (exact) mass is 242 g/mol. The Morgan fingerprint density at radius 3 is 2.94 bits per heavy atom. The molecule has 0 aromatic carbocycles. The summed E-state index contributed by atoms with van der Waals surface area (Å²) in [6, 6.07) is 0.562. The van der Waals surface area contributed by atoms with Crippen molar-refractivity contribution in [3.63, 3.8) is 0 Å². The van der Waals surface area contributed by atoms with Crippen LogP contribution in [0.5, 0.6) is 0 Å². The minimum Gasteiger partial charge on any atom is -0.385 e. The second kappa shape index (κ2) is 7.50. The first-order valence-corrected chi connectivity index (χ1v) is 6.47. The van der Waals surface area contributed by atoms with E-state index in [-0.39, 0.29) is 0 Å². The smallest absolute Gasteiger partial charge is 0.208 e. The van der Waals surface area contributed by atoms with Gasteiger partial charge in [0.1, 0.15) is 0 Å². The molecular formula is C12H26N4O. The molecule has 1 fully saturated rings. The van der Waals surface area contributed by atoms with Crippen molar-refractivity contribution >= 4 is 5.96 Å². The Balaban J connectivity index is 2.53. The van der Waals surface area contributed by atoms with Crippen LogP contribution in [-0.4, -0.2) is 43.7 Å². The van der Waals surface area contributed by atoms with Crippen molar-refractivity contribution in [3.05, 3.63) is 0 Å². The van der Waals surface area contributed by atoms with Gasteiger partial charge in [-0.05, 0) is 25.2 Å². The molecule has 0 aromatic heterocycles. The predicted octanol–water partition coefficient (Wildman–Crippen LogP) is 0.963. The SMILES string of the molecule is COCCCN=C(NN)N1CCCC1C(C)C. The quantitative estimate of drug-likeness (QED) is 0.248. The molecule has 100 valence electrons. The lowest BCUT2D eigenvalue weighted by atomic mass is 10.0. The van der Waals surface area contributed by atoms with Gasteiger partial charge in [0.15, 0.2) is 0 Å². The molecule has 1 unspecified atom stereocenters. The molecule has 1 aliphatic heterocycles. The van der Waals surface area contributed by atoms with Crippen LogP contribution in [0.1, 0.15) is 33.1 Å². The maximum absolute atomic E-state index is 5.58. The highest BCUT2D eigenvalue weighted by atomic mass is 16.5. The fourth-order valence-electron chi connectivity index (χ4n) is 2.36. The van der Waals surface area contributed by atoms with E-state index in [4.69, 9.17) is 10.6 Å². The van der Waals surface area contributed by atoms with Crippen LogP contribution >= 0.6 is 0 Å². The van der Waals surface area contributed by atoms with Crippen molar-refractivity contribution in [3.8, 4) is 0 Å². The Morgan fingerprint density at radius 1 is 1.59 bits per heavy atom. The van der Waals surface area contributed by atoms with Crippen molar-refractivity contribution in [2.45, 2.75) is 39.2 Å². The number of nitrogens with two attached hydrogens (primary N) is 1. The standard InChI is InChI=1S/C12H26N4O/c1-10(2)11-6-4-8-16(11)12(15-13)14-7-5-9-17-3/h10-11H,4-9,13H2,1-3H3,(H,14,15). The number of hydrogen-bond donors (Lipinski definition) is 2. The normalized spacial score (nSPS) is 21.4. The molecule has 1 saturated heterocycles. The van der Waals surface area contributed by atoms with Gasteiger partial charge in [0, 0.05) is 32.8 Å². The lowest BCUT2D eigenvalue weighted by molar-refractivity contribution is 0.196. The second-order valence-corrected chi connectivity index (χ2v) is 4.84. The Hall–Kier alpha value is -0.810. The number of nitrogens with one attached hydrogen (secondary N) is 1. The molecule has 0 saturated carbocycles. The largest absolute Gasteiger partial charge is 0.385 e. The average molecular weight is 242 g/mol. The summed E-state index contributed by atoms with van der Waals surface area (Å²) in [4.78, 5) is 6.82. The van der Waals surface area contributed by atoms with Crippen LogP contribution in [0.2, 0.25) is 0 Å². The van der Waals surface area contributed by atoms with Gasteiger partial charge in [0.25, 0.3) is 0 Å². The van der Waals surface area contributed by atoms with Crippen LogP contribution in [0.3, 0.4) is 0 Å². The highest BCUT2D eigenvalue weighted by Crippen LogP contribution is 2.23. The topological polar surface area (TPSA) is 62.9 Å². The zero-order valence-electron chi connectivity index (χ0n) is 11.3. The number of guanidine groups is 1. The zero-order chi connectivity index (χ0) is 12.7. The number of likely N-dealkylation sites (tertiary alicyclic amines) is 1. The molecule has 3 N–H and O–H groups in total. The molecule has 1 atom stereocenters. The van der Waals surface area contributed by atoms with E-state index >= 15 is 0 Å². The lowest BCUT2D eigenvalue weighted by Crippen LogP contribution is -2.48. The first-order chi connectivity index (χ1) is 8.20. The maximum atomic E-state index is 5.58. The van der Waals surface area contributed by atoms with Gasteiger partial charge in [-0.3, -0.25) is 10.4 Å². The van der Waals surface area contributed by atoms with Gasteiger partial charge in [-0.25, -0.2) is 5.84 Å². The van der Waals surface area contributed by atoms with E-state index in [0.717, 1.165) is 32.1 Å². The molecule has 0 radical (unpaired) electrons. The summed E-state index contributed by atoms with van der Waals surface area (Å²) in [7, 11) is 1.71. The lowest BCUT2D eigenvalue weighted by Gasteiger charge is -2.30. The Labute approximate surface area is 104 Å². The number of methoxy groups -OCH3 is 1. The van der Waals surface area contributed by atoms with E-state index in [9.17, 15) is 0 Å². The minimum atomic E-state index is 0.562. The van der Waals surface area contributed by atoms with Crippen LogP contribution in [0.25, 0.3) is 0 Å². The molecule has 0 bridgehead atoms. The van der Waals surface area contributed by atoms with Crippen LogP contribution in [0.15, 0.2) is 4.99 Å². The highest BCUT2D eigenvalue weighted by molar-refractivity contribution is 5.80. The predicted molar refractivity (Wildman–Crippen MR) is 70.7 cm³/mol. The van der Waals surface area contributed by atoms with Crippen molar-refractivity contribution < 1.29 is 4.74 Å². The highest BCUT2D eigenvalue weighted by Gasteiger charge is 2.29.